The van der Waals surface area contributed by atoms with Gasteiger partial charge in [0.05, 0.1) is 27.9 Å². The Kier molecular flexibility index (Phi) is 5.31. The zero-order valence-corrected chi connectivity index (χ0v) is 17.9. The molecule has 7 nitrogen and oxygen atoms in total. The number of aromatic nitrogens is 1. The van der Waals surface area contributed by atoms with E-state index < -0.39 is 22.8 Å². The molecule has 0 radical (unpaired) electrons. The third-order valence-corrected chi connectivity index (χ3v) is 5.81. The highest BCUT2D eigenvalue weighted by Gasteiger charge is 2.43. The number of nitrogens with one attached hydrogen (secondary N) is 1. The normalized spacial score (nSPS) is 17.7. The first-order valence-corrected chi connectivity index (χ1v) is 10.5. The lowest BCUT2D eigenvalue weighted by atomic mass is 10.0. The minimum absolute atomic E-state index is 0.0642. The Morgan fingerprint density at radius 1 is 1.03 bits per heavy atom. The number of halogens is 1. The lowest BCUT2D eigenvalue weighted by molar-refractivity contribution is -0.384. The van der Waals surface area contributed by atoms with Crippen LogP contribution in [0.1, 0.15) is 23.5 Å². The molecule has 1 N–H and O–H groups in total. The van der Waals surface area contributed by atoms with Gasteiger partial charge in [-0.1, -0.05) is 30.3 Å². The number of hydrogen-bond acceptors (Lipinski definition) is 5. The van der Waals surface area contributed by atoms with E-state index in [4.69, 9.17) is 16.6 Å². The van der Waals surface area contributed by atoms with Gasteiger partial charge in [0, 0.05) is 12.3 Å². The lowest BCUT2D eigenvalue weighted by Gasteiger charge is -2.26. The lowest BCUT2D eigenvalue weighted by Crippen LogP contribution is -2.30. The van der Waals surface area contributed by atoms with Crippen LogP contribution in [0.3, 0.4) is 0 Å². The van der Waals surface area contributed by atoms with Crippen LogP contribution in [0.5, 0.6) is 0 Å². The summed E-state index contributed by atoms with van der Waals surface area (Å²) >= 11 is 5.58. The van der Waals surface area contributed by atoms with Gasteiger partial charge in [-0.05, 0) is 54.7 Å². The van der Waals surface area contributed by atoms with Crippen LogP contribution in [0.4, 0.5) is 15.8 Å². The molecule has 2 aromatic carbocycles. The van der Waals surface area contributed by atoms with Gasteiger partial charge in [-0.15, -0.1) is 0 Å². The first kappa shape index (κ1) is 20.8. The van der Waals surface area contributed by atoms with Crippen molar-refractivity contribution in [2.75, 3.05) is 4.90 Å². The van der Waals surface area contributed by atoms with Gasteiger partial charge < -0.3 is 14.6 Å². The zero-order chi connectivity index (χ0) is 22.9. The molecule has 164 valence electrons. The van der Waals surface area contributed by atoms with Gasteiger partial charge in [0.15, 0.2) is 5.11 Å². The maximum absolute atomic E-state index is 14.8. The number of pyridine rings is 1. The maximum atomic E-state index is 14.8. The van der Waals surface area contributed by atoms with Crippen molar-refractivity contribution in [3.63, 3.8) is 0 Å². The smallest absolute Gasteiger partial charge is 0.280 e. The van der Waals surface area contributed by atoms with Crippen LogP contribution in [-0.2, 0) is 0 Å². The molecule has 0 spiro atoms. The van der Waals surface area contributed by atoms with E-state index in [1.54, 1.807) is 65.7 Å². The molecular weight excluding hydrogens is 443 g/mol. The summed E-state index contributed by atoms with van der Waals surface area (Å²) in [6.07, 6.45) is 1.67. The summed E-state index contributed by atoms with van der Waals surface area (Å²) in [6.45, 7) is 0. The highest BCUT2D eigenvalue weighted by Crippen LogP contribution is 2.44. The second-order valence-corrected chi connectivity index (χ2v) is 7.81. The molecule has 1 saturated heterocycles. The number of nitro groups is 1. The predicted octanol–water partition coefficient (Wildman–Crippen LogP) is 5.57. The van der Waals surface area contributed by atoms with E-state index in [1.807, 2.05) is 12.1 Å². The van der Waals surface area contributed by atoms with Crippen LogP contribution >= 0.6 is 12.2 Å². The largest absolute Gasteiger partial charge is 0.459 e. The SMILES string of the molecule is O=[N+]([O-])c1ccccc1-c1ccc([C@H]2[C@H](c3ccccn3)NC(=S)N2c2ccccc2F)o1. The number of nitrogens with zero attached hydrogens (tertiary/aromatic N) is 3. The number of benzene rings is 2. The molecule has 33 heavy (non-hydrogen) atoms. The molecule has 0 bridgehead atoms. The van der Waals surface area contributed by atoms with E-state index in [9.17, 15) is 14.5 Å². The van der Waals surface area contributed by atoms with Gasteiger partial charge in [0.2, 0.25) is 0 Å². The van der Waals surface area contributed by atoms with E-state index >= 15 is 0 Å². The summed E-state index contributed by atoms with van der Waals surface area (Å²) < 4.78 is 20.9. The fraction of sp³-hybridized carbons (Fsp3) is 0.0833. The van der Waals surface area contributed by atoms with Crippen LogP contribution in [0.25, 0.3) is 11.3 Å². The Hall–Kier alpha value is -4.11. The summed E-state index contributed by atoms with van der Waals surface area (Å²) in [4.78, 5) is 17.1. The summed E-state index contributed by atoms with van der Waals surface area (Å²) in [5.74, 6) is 0.372. The number of rotatable bonds is 5. The first-order chi connectivity index (χ1) is 16.0. The minimum atomic E-state index is -0.569. The van der Waals surface area contributed by atoms with Crippen LogP contribution < -0.4 is 10.2 Å². The average Bonchev–Trinajstić information content (AvgIpc) is 3.44. The molecule has 0 unspecified atom stereocenters. The second-order valence-electron chi connectivity index (χ2n) is 7.42. The molecule has 1 aliphatic heterocycles. The number of anilines is 1. The van der Waals surface area contributed by atoms with Gasteiger partial charge >= 0.3 is 0 Å². The second kappa shape index (κ2) is 8.44. The Morgan fingerprint density at radius 3 is 2.55 bits per heavy atom. The Labute approximate surface area is 193 Å². The molecule has 0 saturated carbocycles. The minimum Gasteiger partial charge on any atom is -0.459 e. The number of hydrogen-bond donors (Lipinski definition) is 1. The topological polar surface area (TPSA) is 84.4 Å². The summed E-state index contributed by atoms with van der Waals surface area (Å²) in [7, 11) is 0. The molecule has 5 rings (SSSR count). The molecular formula is C24H17FN4O3S. The van der Waals surface area contributed by atoms with Gasteiger partial charge in [0.1, 0.15) is 23.4 Å². The summed E-state index contributed by atoms with van der Waals surface area (Å²) in [6, 6.07) is 20.6. The van der Waals surface area contributed by atoms with Gasteiger partial charge in [0.25, 0.3) is 5.69 Å². The van der Waals surface area contributed by atoms with Crippen molar-refractivity contribution >= 4 is 28.7 Å². The highest BCUT2D eigenvalue weighted by molar-refractivity contribution is 7.80. The van der Waals surface area contributed by atoms with Crippen molar-refractivity contribution < 1.29 is 13.7 Å². The van der Waals surface area contributed by atoms with E-state index in [2.05, 4.69) is 10.3 Å². The van der Waals surface area contributed by atoms with Crippen molar-refractivity contribution in [3.8, 4) is 11.3 Å². The number of nitro benzene ring substituents is 1. The molecule has 1 fully saturated rings. The van der Waals surface area contributed by atoms with Crippen molar-refractivity contribution in [1.29, 1.82) is 0 Å². The standard InChI is InChI=1S/C24H17FN4O3S/c25-16-8-2-4-11-19(16)28-23(22(27-24(28)33)17-9-5-6-14-26-17)21-13-12-20(32-21)15-7-1-3-10-18(15)29(30)31/h1-14,22-23H,(H,27,33)/t22-,23-/m0/s1. The van der Waals surface area contributed by atoms with E-state index in [1.165, 1.54) is 12.1 Å². The molecule has 9 heteroatoms. The van der Waals surface area contributed by atoms with Gasteiger partial charge in [-0.2, -0.15) is 0 Å². The predicted molar refractivity (Wildman–Crippen MR) is 125 cm³/mol. The van der Waals surface area contributed by atoms with E-state index in [0.717, 1.165) is 0 Å². The fourth-order valence-electron chi connectivity index (χ4n) is 4.05. The number of thiocarbonyl (C=S) groups is 1. The quantitative estimate of drug-likeness (QED) is 0.237. The van der Waals surface area contributed by atoms with Crippen LogP contribution in [0, 0.1) is 15.9 Å². The molecule has 0 aliphatic carbocycles. The third-order valence-electron chi connectivity index (χ3n) is 5.49. The van der Waals surface area contributed by atoms with Crippen LogP contribution in [0.15, 0.2) is 89.5 Å². The van der Waals surface area contributed by atoms with E-state index in [-0.39, 0.29) is 5.69 Å². The van der Waals surface area contributed by atoms with Crippen molar-refractivity contribution in [2.24, 2.45) is 0 Å². The molecule has 3 heterocycles. The van der Waals surface area contributed by atoms with Crippen LogP contribution in [-0.4, -0.2) is 15.0 Å². The fourth-order valence-corrected chi connectivity index (χ4v) is 4.39. The number of para-hydroxylation sites is 2. The van der Waals surface area contributed by atoms with E-state index in [0.29, 0.717) is 33.6 Å². The molecule has 4 aromatic rings. The molecule has 2 atom stereocenters. The monoisotopic (exact) mass is 460 g/mol. The third kappa shape index (κ3) is 3.72. The molecule has 2 aromatic heterocycles. The highest BCUT2D eigenvalue weighted by atomic mass is 32.1. The van der Waals surface area contributed by atoms with Crippen molar-refractivity contribution in [2.45, 2.75) is 12.1 Å². The Bertz CT molecular complexity index is 1340. The van der Waals surface area contributed by atoms with Crippen molar-refractivity contribution in [3.05, 3.63) is 112 Å². The van der Waals surface area contributed by atoms with Crippen molar-refractivity contribution in [1.82, 2.24) is 10.3 Å². The molecule has 0 amide bonds. The zero-order valence-electron chi connectivity index (χ0n) is 17.1. The Balaban J connectivity index is 1.63. The summed E-state index contributed by atoms with van der Waals surface area (Å²) in [5, 5.41) is 15.0. The maximum Gasteiger partial charge on any atom is 0.280 e. The Morgan fingerprint density at radius 2 is 1.79 bits per heavy atom. The molecule has 1 aliphatic rings. The average molecular weight is 460 g/mol. The van der Waals surface area contributed by atoms with Crippen LogP contribution in [0.2, 0.25) is 0 Å². The van der Waals surface area contributed by atoms with Gasteiger partial charge in [-0.3, -0.25) is 15.1 Å². The van der Waals surface area contributed by atoms with Gasteiger partial charge in [-0.25, -0.2) is 4.39 Å². The number of furan rings is 1. The first-order valence-electron chi connectivity index (χ1n) is 10.1. The summed E-state index contributed by atoms with van der Waals surface area (Å²) in [5.41, 5.74) is 1.29.